The van der Waals surface area contributed by atoms with E-state index in [1.54, 1.807) is 0 Å². The maximum atomic E-state index is 5.88. The summed E-state index contributed by atoms with van der Waals surface area (Å²) in [6.07, 6.45) is 5.08. The van der Waals surface area contributed by atoms with Crippen LogP contribution >= 0.6 is 0 Å². The molecule has 0 amide bonds. The Hall–Kier alpha value is -1.78. The van der Waals surface area contributed by atoms with Crippen LogP contribution in [-0.2, 0) is 4.74 Å². The number of nitrogens with one attached hydrogen (secondary N) is 1. The summed E-state index contributed by atoms with van der Waals surface area (Å²) in [5, 5.41) is 3.48. The Bertz CT molecular complexity index is 688. The highest BCUT2D eigenvalue weighted by atomic mass is 16.5. The fraction of sp³-hybridized carbons (Fsp3) is 0.444. The van der Waals surface area contributed by atoms with Gasteiger partial charge < -0.3 is 10.1 Å². The molecule has 1 unspecified atom stereocenters. The fourth-order valence-electron chi connectivity index (χ4n) is 2.55. The van der Waals surface area contributed by atoms with Crippen molar-refractivity contribution in [1.82, 2.24) is 15.3 Å². The van der Waals surface area contributed by atoms with Crippen LogP contribution in [0.1, 0.15) is 32.9 Å². The van der Waals surface area contributed by atoms with E-state index in [2.05, 4.69) is 37.1 Å². The van der Waals surface area contributed by atoms with Crippen molar-refractivity contribution >= 4 is 16.6 Å². The zero-order valence-corrected chi connectivity index (χ0v) is 13.5. The molecule has 0 bridgehead atoms. The smallest absolute Gasteiger partial charge is 0.0894 e. The average Bonchev–Trinajstić information content (AvgIpc) is 2.52. The van der Waals surface area contributed by atoms with Crippen LogP contribution in [-0.4, -0.2) is 34.8 Å². The van der Waals surface area contributed by atoms with Gasteiger partial charge >= 0.3 is 0 Å². The monoisotopic (exact) mass is 297 g/mol. The third-order valence-electron chi connectivity index (χ3n) is 3.68. The predicted octanol–water partition coefficient (Wildman–Crippen LogP) is 3.19. The molecule has 2 heterocycles. The Morgan fingerprint density at radius 1 is 1.23 bits per heavy atom. The lowest BCUT2D eigenvalue weighted by Gasteiger charge is -2.27. The summed E-state index contributed by atoms with van der Waals surface area (Å²) in [7, 11) is 0. The summed E-state index contributed by atoms with van der Waals surface area (Å²) >= 11 is 0. The lowest BCUT2D eigenvalue weighted by molar-refractivity contribution is -0.00913. The van der Waals surface area contributed by atoms with Crippen LogP contribution in [0.3, 0.4) is 0 Å². The molecule has 0 saturated carbocycles. The molecule has 4 nitrogen and oxygen atoms in total. The average molecular weight is 297 g/mol. The number of fused-ring (bicyclic) bond motifs is 1. The molecule has 1 aromatic heterocycles. The molecule has 2 aromatic rings. The van der Waals surface area contributed by atoms with E-state index in [0.29, 0.717) is 6.61 Å². The van der Waals surface area contributed by atoms with Gasteiger partial charge in [-0.25, -0.2) is 4.98 Å². The van der Waals surface area contributed by atoms with E-state index >= 15 is 0 Å². The minimum absolute atomic E-state index is 0.115. The van der Waals surface area contributed by atoms with Crippen molar-refractivity contribution in [2.24, 2.45) is 0 Å². The van der Waals surface area contributed by atoms with Gasteiger partial charge in [-0.05, 0) is 51.4 Å². The summed E-state index contributed by atoms with van der Waals surface area (Å²) < 4.78 is 5.88. The highest BCUT2D eigenvalue weighted by Crippen LogP contribution is 2.21. The van der Waals surface area contributed by atoms with Crippen LogP contribution in [0.5, 0.6) is 0 Å². The molecular formula is C18H23N3O. The third kappa shape index (κ3) is 3.70. The molecule has 1 aliphatic rings. The molecule has 0 spiro atoms. The van der Waals surface area contributed by atoms with Crippen LogP contribution in [0.25, 0.3) is 16.6 Å². The predicted molar refractivity (Wildman–Crippen MR) is 89.6 cm³/mol. The van der Waals surface area contributed by atoms with Crippen molar-refractivity contribution in [1.29, 1.82) is 0 Å². The summed E-state index contributed by atoms with van der Waals surface area (Å²) in [6, 6.07) is 8.21. The number of hydrogen-bond acceptors (Lipinski definition) is 4. The third-order valence-corrected chi connectivity index (χ3v) is 3.68. The molecule has 1 atom stereocenters. The van der Waals surface area contributed by atoms with E-state index in [9.17, 15) is 0 Å². The largest absolute Gasteiger partial charge is 0.374 e. The number of aromatic nitrogens is 2. The molecule has 1 aromatic carbocycles. The van der Waals surface area contributed by atoms with Crippen molar-refractivity contribution in [3.8, 4) is 0 Å². The quantitative estimate of drug-likeness (QED) is 0.945. The standard InChI is InChI=1S/C18H23N3O/c1-18(2,3)22-12-14-10-13(8-9-19-14)17-11-20-15-6-4-5-7-16(15)21-17/h4-7,10-11,14,19H,8-9,12H2,1-3H3. The molecule has 0 saturated heterocycles. The molecule has 4 heteroatoms. The second-order valence-corrected chi connectivity index (χ2v) is 6.67. The lowest BCUT2D eigenvalue weighted by Crippen LogP contribution is -2.38. The van der Waals surface area contributed by atoms with Crippen molar-refractivity contribution in [3.63, 3.8) is 0 Å². The van der Waals surface area contributed by atoms with Gasteiger partial charge in [-0.3, -0.25) is 4.98 Å². The van der Waals surface area contributed by atoms with Crippen molar-refractivity contribution in [2.45, 2.75) is 38.8 Å². The van der Waals surface area contributed by atoms with E-state index in [1.165, 1.54) is 5.57 Å². The number of benzene rings is 1. The Morgan fingerprint density at radius 2 is 2.00 bits per heavy atom. The van der Waals surface area contributed by atoms with Crippen LogP contribution < -0.4 is 5.32 Å². The molecule has 3 rings (SSSR count). The van der Waals surface area contributed by atoms with Crippen LogP contribution in [0, 0.1) is 0 Å². The Labute approximate surface area is 131 Å². The molecule has 22 heavy (non-hydrogen) atoms. The first-order chi connectivity index (χ1) is 10.5. The maximum Gasteiger partial charge on any atom is 0.0894 e. The van der Waals surface area contributed by atoms with Gasteiger partial charge in [0.05, 0.1) is 35.1 Å². The van der Waals surface area contributed by atoms with Gasteiger partial charge in [0, 0.05) is 6.04 Å². The van der Waals surface area contributed by atoms with Crippen LogP contribution in [0.15, 0.2) is 36.5 Å². The normalized spacial score (nSPS) is 19.2. The highest BCUT2D eigenvalue weighted by molar-refractivity contribution is 5.76. The van der Waals surface area contributed by atoms with Gasteiger partial charge in [0.1, 0.15) is 0 Å². The molecule has 1 N–H and O–H groups in total. The van der Waals surface area contributed by atoms with E-state index in [0.717, 1.165) is 29.7 Å². The van der Waals surface area contributed by atoms with E-state index < -0.39 is 0 Å². The fourth-order valence-corrected chi connectivity index (χ4v) is 2.55. The molecule has 116 valence electrons. The van der Waals surface area contributed by atoms with Gasteiger partial charge in [-0.2, -0.15) is 0 Å². The van der Waals surface area contributed by atoms with E-state index in [1.807, 2.05) is 30.5 Å². The van der Waals surface area contributed by atoms with Gasteiger partial charge in [0.25, 0.3) is 0 Å². The van der Waals surface area contributed by atoms with Gasteiger partial charge in [-0.15, -0.1) is 0 Å². The van der Waals surface area contributed by atoms with Crippen LogP contribution in [0.4, 0.5) is 0 Å². The first kappa shape index (κ1) is 15.1. The topological polar surface area (TPSA) is 47.0 Å². The number of nitrogens with zero attached hydrogens (tertiary/aromatic N) is 2. The minimum Gasteiger partial charge on any atom is -0.374 e. The van der Waals surface area contributed by atoms with E-state index in [-0.39, 0.29) is 11.6 Å². The molecule has 0 aliphatic carbocycles. The Balaban J connectivity index is 1.81. The number of rotatable bonds is 3. The second kappa shape index (κ2) is 6.15. The first-order valence-electron chi connectivity index (χ1n) is 7.81. The summed E-state index contributed by atoms with van der Waals surface area (Å²) in [4.78, 5) is 9.25. The summed E-state index contributed by atoms with van der Waals surface area (Å²) in [6.45, 7) is 7.85. The second-order valence-electron chi connectivity index (χ2n) is 6.67. The summed E-state index contributed by atoms with van der Waals surface area (Å²) in [5.41, 5.74) is 3.99. The van der Waals surface area contributed by atoms with Crippen molar-refractivity contribution in [3.05, 3.63) is 42.2 Å². The maximum absolute atomic E-state index is 5.88. The Morgan fingerprint density at radius 3 is 2.77 bits per heavy atom. The lowest BCUT2D eigenvalue weighted by atomic mass is 10.0. The molecule has 1 aliphatic heterocycles. The molecule has 0 fully saturated rings. The first-order valence-corrected chi connectivity index (χ1v) is 7.81. The van der Waals surface area contributed by atoms with Crippen molar-refractivity contribution < 1.29 is 4.74 Å². The SMILES string of the molecule is CC(C)(C)OCC1C=C(c2cnc3ccccc3n2)CCN1. The Kier molecular flexibility index (Phi) is 4.23. The highest BCUT2D eigenvalue weighted by Gasteiger charge is 2.18. The summed E-state index contributed by atoms with van der Waals surface area (Å²) in [5.74, 6) is 0. The molecular weight excluding hydrogens is 274 g/mol. The number of ether oxygens (including phenoxy) is 1. The van der Waals surface area contributed by atoms with E-state index in [4.69, 9.17) is 9.72 Å². The number of hydrogen-bond donors (Lipinski definition) is 1. The van der Waals surface area contributed by atoms with Gasteiger partial charge in [-0.1, -0.05) is 18.2 Å². The van der Waals surface area contributed by atoms with Crippen molar-refractivity contribution in [2.75, 3.05) is 13.2 Å². The molecule has 0 radical (unpaired) electrons. The zero-order valence-electron chi connectivity index (χ0n) is 13.5. The van der Waals surface area contributed by atoms with Gasteiger partial charge in [0.2, 0.25) is 0 Å². The number of para-hydroxylation sites is 2. The minimum atomic E-state index is -0.115. The van der Waals surface area contributed by atoms with Crippen LogP contribution in [0.2, 0.25) is 0 Å². The van der Waals surface area contributed by atoms with Gasteiger partial charge in [0.15, 0.2) is 0 Å². The zero-order chi connectivity index (χ0) is 15.6.